The second-order valence-electron chi connectivity index (χ2n) is 10.6. The van der Waals surface area contributed by atoms with Crippen molar-refractivity contribution in [1.29, 1.82) is 5.26 Å². The fourth-order valence-corrected chi connectivity index (χ4v) is 5.50. The highest BCUT2D eigenvalue weighted by Gasteiger charge is 2.37. The number of hydrogen-bond donors (Lipinski definition) is 0. The van der Waals surface area contributed by atoms with Crippen LogP contribution in [0.15, 0.2) is 41.0 Å². The highest BCUT2D eigenvalue weighted by Crippen LogP contribution is 2.38. The van der Waals surface area contributed by atoms with Gasteiger partial charge in [0.1, 0.15) is 11.6 Å². The molecule has 196 valence electrons. The van der Waals surface area contributed by atoms with Gasteiger partial charge in [0.25, 0.3) is 11.8 Å². The molecule has 0 radical (unpaired) electrons. The molecule has 0 spiro atoms. The zero-order valence-electron chi connectivity index (χ0n) is 23.1. The molecule has 0 N–H and O–H groups in total. The van der Waals surface area contributed by atoms with Crippen LogP contribution in [0.5, 0.6) is 0 Å². The van der Waals surface area contributed by atoms with E-state index in [-0.39, 0.29) is 11.0 Å². The molecule has 1 aromatic heterocycles. The topological polar surface area (TPSA) is 77.3 Å². The number of aromatic nitrogens is 1. The molecule has 6 nitrogen and oxygen atoms in total. The molecule has 2 amide bonds. The number of rotatable bonds is 9. The van der Waals surface area contributed by atoms with Crippen LogP contribution in [0.4, 0.5) is 10.8 Å². The normalized spacial score (nSPS) is 15.5. The number of benzene rings is 1. The average molecular weight is 519 g/mol. The van der Waals surface area contributed by atoms with Crippen molar-refractivity contribution in [3.8, 4) is 6.07 Å². The summed E-state index contributed by atoms with van der Waals surface area (Å²) in [5.41, 5.74) is 2.89. The first kappa shape index (κ1) is 28.3. The summed E-state index contributed by atoms with van der Waals surface area (Å²) >= 11 is 1.58. The van der Waals surface area contributed by atoms with Gasteiger partial charge in [-0.2, -0.15) is 5.26 Å². The van der Waals surface area contributed by atoms with Crippen LogP contribution in [-0.4, -0.2) is 29.9 Å². The lowest BCUT2D eigenvalue weighted by molar-refractivity contribution is -0.122. The van der Waals surface area contributed by atoms with Crippen LogP contribution >= 0.6 is 11.3 Å². The Balaban J connectivity index is 2.16. The van der Waals surface area contributed by atoms with Crippen molar-refractivity contribution in [2.75, 3.05) is 22.9 Å². The summed E-state index contributed by atoms with van der Waals surface area (Å²) < 4.78 is 0. The van der Waals surface area contributed by atoms with Gasteiger partial charge in [0.05, 0.1) is 16.3 Å². The third kappa shape index (κ3) is 6.19. The van der Waals surface area contributed by atoms with E-state index in [2.05, 4.69) is 39.5 Å². The minimum absolute atomic E-state index is 0.0130. The first-order valence-electron chi connectivity index (χ1n) is 13.1. The highest BCUT2D eigenvalue weighted by atomic mass is 32.1. The van der Waals surface area contributed by atoms with Crippen molar-refractivity contribution in [2.24, 2.45) is 0 Å². The summed E-state index contributed by atoms with van der Waals surface area (Å²) in [7, 11) is 0. The van der Waals surface area contributed by atoms with Gasteiger partial charge < -0.3 is 4.90 Å². The molecular weight excluding hydrogens is 480 g/mol. The predicted octanol–water partition coefficient (Wildman–Crippen LogP) is 6.95. The first-order chi connectivity index (χ1) is 17.5. The molecule has 0 bridgehead atoms. The molecule has 0 atom stereocenters. The van der Waals surface area contributed by atoms with Crippen LogP contribution in [0, 0.1) is 18.3 Å². The number of carbonyl (C=O) groups excluding carboxylic acids is 2. The van der Waals surface area contributed by atoms with Crippen molar-refractivity contribution >= 4 is 40.0 Å². The van der Waals surface area contributed by atoms with Crippen molar-refractivity contribution in [2.45, 2.75) is 79.6 Å². The van der Waals surface area contributed by atoms with Gasteiger partial charge in [0.15, 0.2) is 5.13 Å². The number of nitrogens with zero attached hydrogens (tertiary/aromatic N) is 4. The zero-order valence-corrected chi connectivity index (χ0v) is 24.0. The standard InChI is InChI=1S/C30H38N4O2S/c1-8-10-16-33(17-11-9-2)29-32-26(30(5,6)7)25(37-29)18-23-21(4)24(19-31)28(36)34(27(23)35)22-14-12-20(3)13-15-22/h12-15,18H,8-11,16-17H2,1-7H3/b23-18-. The second-order valence-corrected chi connectivity index (χ2v) is 11.6. The minimum Gasteiger partial charge on any atom is -0.348 e. The number of hydrogen-bond acceptors (Lipinski definition) is 6. The van der Waals surface area contributed by atoms with Crippen LogP contribution in [-0.2, 0) is 15.0 Å². The number of carbonyl (C=O) groups is 2. The molecule has 3 rings (SSSR count). The Morgan fingerprint density at radius 1 is 1.03 bits per heavy atom. The van der Waals surface area contributed by atoms with E-state index >= 15 is 0 Å². The van der Waals surface area contributed by atoms with E-state index in [0.29, 0.717) is 16.8 Å². The van der Waals surface area contributed by atoms with Gasteiger partial charge in [-0.1, -0.05) is 76.5 Å². The quantitative estimate of drug-likeness (QED) is 0.265. The van der Waals surface area contributed by atoms with E-state index in [1.165, 1.54) is 0 Å². The van der Waals surface area contributed by atoms with Crippen molar-refractivity contribution < 1.29 is 9.59 Å². The fourth-order valence-electron chi connectivity index (χ4n) is 4.23. The summed E-state index contributed by atoms with van der Waals surface area (Å²) in [6.45, 7) is 16.2. The Morgan fingerprint density at radius 2 is 1.62 bits per heavy atom. The first-order valence-corrected chi connectivity index (χ1v) is 13.9. The van der Waals surface area contributed by atoms with Crippen LogP contribution in [0.2, 0.25) is 0 Å². The zero-order chi connectivity index (χ0) is 27.3. The third-order valence-electron chi connectivity index (χ3n) is 6.50. The molecule has 0 unspecified atom stereocenters. The Labute approximate surface area is 225 Å². The molecule has 1 aliphatic heterocycles. The summed E-state index contributed by atoms with van der Waals surface area (Å²) in [6.07, 6.45) is 6.22. The lowest BCUT2D eigenvalue weighted by Gasteiger charge is -2.27. The number of amides is 2. The maximum atomic E-state index is 13.7. The van der Waals surface area contributed by atoms with Crippen LogP contribution in [0.1, 0.15) is 83.4 Å². The lowest BCUT2D eigenvalue weighted by atomic mass is 9.89. The molecule has 7 heteroatoms. The average Bonchev–Trinajstić information content (AvgIpc) is 3.28. The lowest BCUT2D eigenvalue weighted by Crippen LogP contribution is -2.42. The number of thiazole rings is 1. The molecule has 0 aliphatic carbocycles. The van der Waals surface area contributed by atoms with Gasteiger partial charge >= 0.3 is 0 Å². The van der Waals surface area contributed by atoms with E-state index in [0.717, 1.165) is 64.9 Å². The van der Waals surface area contributed by atoms with Crippen molar-refractivity contribution in [1.82, 2.24) is 4.98 Å². The number of unbranched alkanes of at least 4 members (excludes halogenated alkanes) is 2. The Bertz CT molecular complexity index is 1250. The van der Waals surface area contributed by atoms with Crippen molar-refractivity contribution in [3.63, 3.8) is 0 Å². The van der Waals surface area contributed by atoms with Gasteiger partial charge in [-0.05, 0) is 50.5 Å². The second kappa shape index (κ2) is 11.9. The van der Waals surface area contributed by atoms with E-state index in [1.807, 2.05) is 31.2 Å². The molecule has 0 saturated heterocycles. The predicted molar refractivity (Wildman–Crippen MR) is 153 cm³/mol. The van der Waals surface area contributed by atoms with Crippen LogP contribution in [0.25, 0.3) is 6.08 Å². The largest absolute Gasteiger partial charge is 0.348 e. The number of anilines is 2. The molecule has 1 aromatic carbocycles. The summed E-state index contributed by atoms with van der Waals surface area (Å²) in [5, 5.41) is 10.8. The SMILES string of the molecule is CCCCN(CCCC)c1nc(C(C)(C)C)c(/C=C2\C(=O)N(c3ccc(C)cc3)C(=O)C(C#N)=C2C)s1. The molecule has 2 heterocycles. The maximum absolute atomic E-state index is 13.7. The monoisotopic (exact) mass is 518 g/mol. The summed E-state index contributed by atoms with van der Waals surface area (Å²) in [6, 6.07) is 9.22. The summed E-state index contributed by atoms with van der Waals surface area (Å²) in [5.74, 6) is -1.01. The number of imide groups is 1. The van der Waals surface area contributed by atoms with Gasteiger partial charge in [-0.15, -0.1) is 0 Å². The van der Waals surface area contributed by atoms with Gasteiger partial charge in [-0.25, -0.2) is 9.88 Å². The molecule has 0 fully saturated rings. The highest BCUT2D eigenvalue weighted by molar-refractivity contribution is 7.16. The van der Waals surface area contributed by atoms with Crippen molar-refractivity contribution in [3.05, 3.63) is 57.1 Å². The summed E-state index contributed by atoms with van der Waals surface area (Å²) in [4.78, 5) is 36.3. The minimum atomic E-state index is -0.586. The molecular formula is C30H38N4O2S. The Kier molecular flexibility index (Phi) is 9.09. The number of aryl methyl sites for hydroxylation is 1. The smallest absolute Gasteiger partial charge is 0.276 e. The van der Waals surface area contributed by atoms with E-state index in [4.69, 9.17) is 4.98 Å². The third-order valence-corrected chi connectivity index (χ3v) is 7.56. The Hall–Kier alpha value is -3.24. The molecule has 0 saturated carbocycles. The Morgan fingerprint density at radius 3 is 2.14 bits per heavy atom. The number of nitriles is 1. The van der Waals surface area contributed by atoms with Crippen LogP contribution < -0.4 is 9.80 Å². The van der Waals surface area contributed by atoms with Gasteiger partial charge in [-0.3, -0.25) is 9.59 Å². The fraction of sp³-hybridized carbons (Fsp3) is 0.467. The van der Waals surface area contributed by atoms with Gasteiger partial charge in [0.2, 0.25) is 0 Å². The maximum Gasteiger partial charge on any atom is 0.276 e. The molecule has 37 heavy (non-hydrogen) atoms. The van der Waals surface area contributed by atoms with Gasteiger partial charge in [0, 0.05) is 24.1 Å². The molecule has 1 aliphatic rings. The van der Waals surface area contributed by atoms with E-state index < -0.39 is 11.8 Å². The molecule has 2 aromatic rings. The van der Waals surface area contributed by atoms with Crippen LogP contribution in [0.3, 0.4) is 0 Å². The van der Waals surface area contributed by atoms with E-state index in [9.17, 15) is 14.9 Å². The van der Waals surface area contributed by atoms with E-state index in [1.54, 1.807) is 30.4 Å².